The lowest BCUT2D eigenvalue weighted by Gasteiger charge is -2.14. The molecule has 0 aliphatic heterocycles. The van der Waals surface area contributed by atoms with Crippen molar-refractivity contribution in [1.82, 2.24) is 5.32 Å². The zero-order valence-corrected chi connectivity index (χ0v) is 11.0. The van der Waals surface area contributed by atoms with E-state index in [2.05, 4.69) is 10.6 Å². The molecule has 0 aromatic heterocycles. The zero-order chi connectivity index (χ0) is 13.7. The van der Waals surface area contributed by atoms with Gasteiger partial charge in [0, 0.05) is 22.7 Å². The van der Waals surface area contributed by atoms with Gasteiger partial charge in [0.2, 0.25) is 5.91 Å². The van der Waals surface area contributed by atoms with E-state index in [9.17, 15) is 14.7 Å². The summed E-state index contributed by atoms with van der Waals surface area (Å²) in [6, 6.07) is 4.18. The summed E-state index contributed by atoms with van der Waals surface area (Å²) in [6.07, 6.45) is 0.274. The van der Waals surface area contributed by atoms with Crippen molar-refractivity contribution in [2.45, 2.75) is 13.3 Å². The van der Waals surface area contributed by atoms with Gasteiger partial charge in [-0.2, -0.15) is 0 Å². The van der Waals surface area contributed by atoms with Crippen molar-refractivity contribution in [1.29, 1.82) is 0 Å². The Morgan fingerprint density at radius 2 is 2.11 bits per heavy atom. The minimum Gasteiger partial charge on any atom is -0.545 e. The van der Waals surface area contributed by atoms with Crippen LogP contribution in [-0.2, 0) is 4.79 Å². The predicted molar refractivity (Wildman–Crippen MR) is 70.4 cm³/mol. The van der Waals surface area contributed by atoms with Crippen LogP contribution in [0.5, 0.6) is 0 Å². The maximum Gasteiger partial charge on any atom is 0.225 e. The van der Waals surface area contributed by atoms with Gasteiger partial charge in [0.25, 0.3) is 0 Å². The molecule has 96 valence electrons. The molecule has 1 aromatic carbocycles. The van der Waals surface area contributed by atoms with Crippen molar-refractivity contribution < 1.29 is 14.7 Å². The van der Waals surface area contributed by atoms with Crippen LogP contribution in [0.2, 0.25) is 5.02 Å². The minimum atomic E-state index is -1.38. The number of amides is 1. The lowest BCUT2D eigenvalue weighted by molar-refractivity contribution is -0.254. The molecule has 18 heavy (non-hydrogen) atoms. The molecular formula is C11H10ClN2O3S-. The molecule has 0 heterocycles. The van der Waals surface area contributed by atoms with E-state index < -0.39 is 5.97 Å². The highest BCUT2D eigenvalue weighted by molar-refractivity contribution is 7.80. The zero-order valence-electron chi connectivity index (χ0n) is 9.45. The molecular weight excluding hydrogens is 276 g/mol. The normalized spacial score (nSPS) is 9.67. The molecule has 0 bridgehead atoms. The molecule has 0 unspecified atom stereocenters. The molecule has 1 rings (SSSR count). The van der Waals surface area contributed by atoms with Crippen molar-refractivity contribution in [3.8, 4) is 0 Å². The number of halogens is 1. The third-order valence-electron chi connectivity index (χ3n) is 2.02. The second-order valence-electron chi connectivity index (χ2n) is 3.33. The van der Waals surface area contributed by atoms with Crippen molar-refractivity contribution in [2.24, 2.45) is 0 Å². The molecule has 0 aliphatic rings. The number of nitrogens with one attached hydrogen (secondary N) is 2. The molecule has 0 saturated carbocycles. The molecule has 1 aromatic rings. The van der Waals surface area contributed by atoms with Crippen LogP contribution >= 0.6 is 23.8 Å². The Kier molecular flexibility index (Phi) is 5.06. The van der Waals surface area contributed by atoms with Gasteiger partial charge >= 0.3 is 0 Å². The monoisotopic (exact) mass is 285 g/mol. The van der Waals surface area contributed by atoms with E-state index in [1.54, 1.807) is 6.92 Å². The topological polar surface area (TPSA) is 81.3 Å². The van der Waals surface area contributed by atoms with E-state index in [0.29, 0.717) is 0 Å². The van der Waals surface area contributed by atoms with Gasteiger partial charge in [-0.15, -0.1) is 0 Å². The Morgan fingerprint density at radius 1 is 1.44 bits per heavy atom. The summed E-state index contributed by atoms with van der Waals surface area (Å²) in [6.45, 7) is 1.67. The lowest BCUT2D eigenvalue weighted by atomic mass is 10.2. The average molecular weight is 286 g/mol. The Hall–Kier alpha value is -1.66. The van der Waals surface area contributed by atoms with Crippen LogP contribution in [0.1, 0.15) is 23.7 Å². The maximum atomic E-state index is 11.1. The first kappa shape index (κ1) is 14.4. The molecule has 2 N–H and O–H groups in total. The fourth-order valence-corrected chi connectivity index (χ4v) is 1.56. The number of carboxylic acid groups (broad SMARTS) is 1. The molecule has 0 aliphatic carbocycles. The second kappa shape index (κ2) is 6.32. The van der Waals surface area contributed by atoms with Gasteiger partial charge in [0.05, 0.1) is 5.97 Å². The van der Waals surface area contributed by atoms with E-state index >= 15 is 0 Å². The Morgan fingerprint density at radius 3 is 2.67 bits per heavy atom. The molecule has 0 radical (unpaired) electrons. The number of carboxylic acids is 1. The van der Waals surface area contributed by atoms with Crippen LogP contribution in [0.3, 0.4) is 0 Å². The number of hydrogen-bond acceptors (Lipinski definition) is 4. The highest BCUT2D eigenvalue weighted by atomic mass is 35.5. The minimum absolute atomic E-state index is 0.0201. The average Bonchev–Trinajstić information content (AvgIpc) is 2.30. The van der Waals surface area contributed by atoms with Gasteiger partial charge in [0.15, 0.2) is 5.11 Å². The van der Waals surface area contributed by atoms with Gasteiger partial charge in [-0.1, -0.05) is 18.5 Å². The summed E-state index contributed by atoms with van der Waals surface area (Å²) in [5, 5.41) is 16.2. The Balaban J connectivity index is 2.87. The fraction of sp³-hybridized carbons (Fsp3) is 0.182. The number of aromatic carboxylic acids is 1. The van der Waals surface area contributed by atoms with Crippen molar-refractivity contribution >= 4 is 46.5 Å². The molecule has 0 atom stereocenters. The van der Waals surface area contributed by atoms with Gasteiger partial charge in [-0.25, -0.2) is 0 Å². The number of benzene rings is 1. The fourth-order valence-electron chi connectivity index (χ4n) is 1.16. The first-order chi connectivity index (χ1) is 8.43. The summed E-state index contributed by atoms with van der Waals surface area (Å²) in [4.78, 5) is 22.0. The third-order valence-corrected chi connectivity index (χ3v) is 2.46. The quantitative estimate of drug-likeness (QED) is 0.808. The number of carbonyl (C=O) groups excluding carboxylic acids is 2. The van der Waals surface area contributed by atoms with E-state index in [1.807, 2.05) is 0 Å². The van der Waals surface area contributed by atoms with Crippen LogP contribution in [0.4, 0.5) is 5.69 Å². The number of hydrogen-bond donors (Lipinski definition) is 2. The van der Waals surface area contributed by atoms with E-state index in [-0.39, 0.29) is 33.7 Å². The first-order valence-electron chi connectivity index (χ1n) is 5.05. The summed E-state index contributed by atoms with van der Waals surface area (Å²) in [7, 11) is 0. The summed E-state index contributed by atoms with van der Waals surface area (Å²) < 4.78 is 0. The van der Waals surface area contributed by atoms with Crippen LogP contribution in [-0.4, -0.2) is 17.0 Å². The van der Waals surface area contributed by atoms with E-state index in [1.165, 1.54) is 18.2 Å². The third kappa shape index (κ3) is 3.97. The molecule has 5 nitrogen and oxygen atoms in total. The van der Waals surface area contributed by atoms with Gasteiger partial charge in [-0.05, 0) is 30.4 Å². The number of anilines is 1. The summed E-state index contributed by atoms with van der Waals surface area (Å²) >= 11 is 10.6. The lowest BCUT2D eigenvalue weighted by Crippen LogP contribution is -2.34. The smallest absolute Gasteiger partial charge is 0.225 e. The molecule has 0 spiro atoms. The van der Waals surface area contributed by atoms with E-state index in [4.69, 9.17) is 23.8 Å². The number of carbonyl (C=O) groups is 2. The van der Waals surface area contributed by atoms with Crippen LogP contribution in [0.15, 0.2) is 18.2 Å². The van der Waals surface area contributed by atoms with Gasteiger partial charge < -0.3 is 20.5 Å². The Bertz CT molecular complexity index is 505. The maximum absolute atomic E-state index is 11.1. The summed E-state index contributed by atoms with van der Waals surface area (Å²) in [5.41, 5.74) is 0.0800. The predicted octanol–water partition coefficient (Wildman–Crippen LogP) is 0.926. The van der Waals surface area contributed by atoms with E-state index in [0.717, 1.165) is 0 Å². The first-order valence-corrected chi connectivity index (χ1v) is 5.84. The number of rotatable bonds is 3. The second-order valence-corrected chi connectivity index (χ2v) is 4.18. The Labute approximate surface area is 114 Å². The largest absolute Gasteiger partial charge is 0.545 e. The summed E-state index contributed by atoms with van der Waals surface area (Å²) in [5.74, 6) is -1.65. The van der Waals surface area contributed by atoms with Crippen LogP contribution in [0, 0.1) is 0 Å². The van der Waals surface area contributed by atoms with Crippen molar-refractivity contribution in [3.63, 3.8) is 0 Å². The van der Waals surface area contributed by atoms with Gasteiger partial charge in [-0.3, -0.25) is 4.79 Å². The SMILES string of the molecule is CCC(=O)NC(=S)Nc1ccc(Cl)cc1C(=O)[O-]. The molecule has 1 amide bonds. The molecule has 0 fully saturated rings. The molecule has 7 heteroatoms. The number of thiocarbonyl (C=S) groups is 1. The highest BCUT2D eigenvalue weighted by Gasteiger charge is 2.07. The van der Waals surface area contributed by atoms with Crippen LogP contribution < -0.4 is 15.7 Å². The van der Waals surface area contributed by atoms with Crippen molar-refractivity contribution in [2.75, 3.05) is 5.32 Å². The van der Waals surface area contributed by atoms with Crippen molar-refractivity contribution in [3.05, 3.63) is 28.8 Å². The van der Waals surface area contributed by atoms with Crippen LogP contribution in [0.25, 0.3) is 0 Å². The highest BCUT2D eigenvalue weighted by Crippen LogP contribution is 2.20. The van der Waals surface area contributed by atoms with Gasteiger partial charge in [0.1, 0.15) is 0 Å². The standard InChI is InChI=1S/C11H11ClN2O3S/c1-2-9(15)14-11(18)13-8-4-3-6(12)5-7(8)10(16)17/h3-5H,2H2,1H3,(H,16,17)(H2,13,14,15,18)/p-1. The molecule has 0 saturated heterocycles.